The fourth-order valence-electron chi connectivity index (χ4n) is 2.53. The largest absolute Gasteiger partial charge is 0.327 e. The van der Waals surface area contributed by atoms with E-state index in [0.29, 0.717) is 6.04 Å². The summed E-state index contributed by atoms with van der Waals surface area (Å²) in [4.78, 5) is 2.63. The zero-order valence-electron chi connectivity index (χ0n) is 9.41. The number of nitrogens with two attached hydrogens (primary N) is 1. The van der Waals surface area contributed by atoms with Gasteiger partial charge in [-0.2, -0.15) is 0 Å². The maximum atomic E-state index is 6.09. The Morgan fingerprint density at radius 1 is 1.29 bits per heavy atom. The summed E-state index contributed by atoms with van der Waals surface area (Å²) in [6.07, 6.45) is 6.88. The van der Waals surface area contributed by atoms with Gasteiger partial charge in [0.2, 0.25) is 0 Å². The number of hydrogen-bond acceptors (Lipinski definition) is 2. The van der Waals surface area contributed by atoms with Gasteiger partial charge in [-0.3, -0.25) is 0 Å². The van der Waals surface area contributed by atoms with Crippen LogP contribution in [-0.4, -0.2) is 30.6 Å². The van der Waals surface area contributed by atoms with E-state index in [1.807, 2.05) is 0 Å². The van der Waals surface area contributed by atoms with Crippen molar-refractivity contribution in [1.29, 1.82) is 0 Å². The normalized spacial score (nSPS) is 34.7. The Kier molecular flexibility index (Phi) is 3.45. The van der Waals surface area contributed by atoms with Crippen molar-refractivity contribution in [2.75, 3.05) is 19.6 Å². The highest BCUT2D eigenvalue weighted by Crippen LogP contribution is 2.32. The van der Waals surface area contributed by atoms with Gasteiger partial charge in [0.25, 0.3) is 0 Å². The lowest BCUT2D eigenvalue weighted by molar-refractivity contribution is 0.148. The van der Waals surface area contributed by atoms with Gasteiger partial charge in [0.05, 0.1) is 0 Å². The minimum atomic E-state index is 0.470. The van der Waals surface area contributed by atoms with E-state index in [-0.39, 0.29) is 0 Å². The number of rotatable bonds is 4. The first kappa shape index (κ1) is 10.4. The van der Waals surface area contributed by atoms with E-state index in [2.05, 4.69) is 11.8 Å². The van der Waals surface area contributed by atoms with Crippen LogP contribution in [-0.2, 0) is 0 Å². The van der Waals surface area contributed by atoms with Crippen molar-refractivity contribution >= 4 is 0 Å². The lowest BCUT2D eigenvalue weighted by atomic mass is 9.90. The molecule has 2 atom stereocenters. The van der Waals surface area contributed by atoms with Crippen molar-refractivity contribution in [3.05, 3.63) is 0 Å². The van der Waals surface area contributed by atoms with Crippen LogP contribution in [0.3, 0.4) is 0 Å². The van der Waals surface area contributed by atoms with Gasteiger partial charge in [0.15, 0.2) is 0 Å². The average molecular weight is 196 g/mol. The van der Waals surface area contributed by atoms with Crippen molar-refractivity contribution < 1.29 is 0 Å². The maximum Gasteiger partial charge on any atom is 0.00914 e. The van der Waals surface area contributed by atoms with Crippen molar-refractivity contribution in [3.8, 4) is 0 Å². The molecule has 1 aliphatic carbocycles. The fourth-order valence-corrected chi connectivity index (χ4v) is 2.53. The molecule has 2 fully saturated rings. The highest BCUT2D eigenvalue weighted by Gasteiger charge is 2.27. The molecule has 0 aromatic heterocycles. The van der Waals surface area contributed by atoms with Crippen LogP contribution < -0.4 is 5.73 Å². The predicted molar refractivity (Wildman–Crippen MR) is 60.2 cm³/mol. The van der Waals surface area contributed by atoms with Gasteiger partial charge in [-0.1, -0.05) is 26.2 Å². The Bertz CT molecular complexity index is 177. The first-order valence-corrected chi connectivity index (χ1v) is 6.27. The number of likely N-dealkylation sites (tertiary alicyclic amines) is 1. The van der Waals surface area contributed by atoms with Crippen LogP contribution in [0.1, 0.15) is 39.0 Å². The molecule has 0 aromatic carbocycles. The molecule has 14 heavy (non-hydrogen) atoms. The lowest BCUT2D eigenvalue weighted by Crippen LogP contribution is -2.47. The summed E-state index contributed by atoms with van der Waals surface area (Å²) in [7, 11) is 0. The highest BCUT2D eigenvalue weighted by atomic mass is 15.1. The predicted octanol–water partition coefficient (Wildman–Crippen LogP) is 1.85. The molecule has 1 heterocycles. The third-order valence-corrected chi connectivity index (χ3v) is 3.95. The third kappa shape index (κ3) is 2.71. The Balaban J connectivity index is 1.71. The molecule has 2 rings (SSSR count). The molecule has 1 saturated carbocycles. The third-order valence-electron chi connectivity index (χ3n) is 3.95. The van der Waals surface area contributed by atoms with Crippen LogP contribution in [0.2, 0.25) is 0 Å². The quantitative estimate of drug-likeness (QED) is 0.743. The number of piperidine rings is 1. The summed E-state index contributed by atoms with van der Waals surface area (Å²) in [5, 5.41) is 0. The summed E-state index contributed by atoms with van der Waals surface area (Å²) in [6, 6.07) is 0.470. The van der Waals surface area contributed by atoms with E-state index in [0.717, 1.165) is 11.8 Å². The Hall–Kier alpha value is -0.0800. The summed E-state index contributed by atoms with van der Waals surface area (Å²) < 4.78 is 0. The van der Waals surface area contributed by atoms with Crippen molar-refractivity contribution in [2.45, 2.75) is 45.1 Å². The van der Waals surface area contributed by atoms with Crippen molar-refractivity contribution in [1.82, 2.24) is 4.90 Å². The molecule has 1 saturated heterocycles. The SMILES string of the molecule is CCC1CN(CCC2CC2)CCC1N. The molecule has 0 aromatic rings. The minimum absolute atomic E-state index is 0.470. The van der Waals surface area contributed by atoms with E-state index >= 15 is 0 Å². The number of nitrogens with zero attached hydrogens (tertiary/aromatic N) is 1. The monoisotopic (exact) mass is 196 g/mol. The molecule has 2 heteroatoms. The van der Waals surface area contributed by atoms with Crippen LogP contribution in [0, 0.1) is 11.8 Å². The molecule has 0 bridgehead atoms. The summed E-state index contributed by atoms with van der Waals surface area (Å²) in [5.41, 5.74) is 6.09. The second-order valence-corrected chi connectivity index (χ2v) is 5.15. The second-order valence-electron chi connectivity index (χ2n) is 5.15. The molecule has 1 aliphatic heterocycles. The van der Waals surface area contributed by atoms with E-state index in [1.165, 1.54) is 51.7 Å². The molecule has 0 amide bonds. The van der Waals surface area contributed by atoms with E-state index in [4.69, 9.17) is 5.73 Å². The van der Waals surface area contributed by atoms with E-state index < -0.39 is 0 Å². The molecule has 82 valence electrons. The summed E-state index contributed by atoms with van der Waals surface area (Å²) in [6.45, 7) is 6.09. The van der Waals surface area contributed by atoms with Gasteiger partial charge in [0.1, 0.15) is 0 Å². The van der Waals surface area contributed by atoms with Crippen LogP contribution in [0.4, 0.5) is 0 Å². The van der Waals surface area contributed by atoms with E-state index in [9.17, 15) is 0 Å². The molecule has 2 unspecified atom stereocenters. The molecule has 0 spiro atoms. The van der Waals surface area contributed by atoms with Crippen LogP contribution in [0.25, 0.3) is 0 Å². The van der Waals surface area contributed by atoms with Crippen molar-refractivity contribution in [3.63, 3.8) is 0 Å². The second kappa shape index (κ2) is 4.63. The van der Waals surface area contributed by atoms with E-state index in [1.54, 1.807) is 0 Å². The smallest absolute Gasteiger partial charge is 0.00914 e. The van der Waals surface area contributed by atoms with Gasteiger partial charge in [-0.05, 0) is 37.8 Å². The molecular formula is C12H24N2. The summed E-state index contributed by atoms with van der Waals surface area (Å²) >= 11 is 0. The van der Waals surface area contributed by atoms with Crippen LogP contribution in [0.5, 0.6) is 0 Å². The Morgan fingerprint density at radius 2 is 2.07 bits per heavy atom. The first-order valence-electron chi connectivity index (χ1n) is 6.27. The van der Waals surface area contributed by atoms with Crippen molar-refractivity contribution in [2.24, 2.45) is 17.6 Å². The van der Waals surface area contributed by atoms with Crippen LogP contribution in [0.15, 0.2) is 0 Å². The molecule has 2 aliphatic rings. The van der Waals surface area contributed by atoms with Gasteiger partial charge >= 0.3 is 0 Å². The lowest BCUT2D eigenvalue weighted by Gasteiger charge is -2.36. The fraction of sp³-hybridized carbons (Fsp3) is 1.00. The zero-order valence-corrected chi connectivity index (χ0v) is 9.41. The Morgan fingerprint density at radius 3 is 2.71 bits per heavy atom. The van der Waals surface area contributed by atoms with Gasteiger partial charge < -0.3 is 10.6 Å². The first-order chi connectivity index (χ1) is 6.79. The van der Waals surface area contributed by atoms with Gasteiger partial charge in [0, 0.05) is 12.6 Å². The summed E-state index contributed by atoms with van der Waals surface area (Å²) in [5.74, 6) is 1.83. The van der Waals surface area contributed by atoms with Gasteiger partial charge in [-0.15, -0.1) is 0 Å². The molecule has 0 radical (unpaired) electrons. The van der Waals surface area contributed by atoms with Crippen LogP contribution >= 0.6 is 0 Å². The Labute approximate surface area is 87.8 Å². The average Bonchev–Trinajstić information content (AvgIpc) is 3.00. The maximum absolute atomic E-state index is 6.09. The topological polar surface area (TPSA) is 29.3 Å². The van der Waals surface area contributed by atoms with Gasteiger partial charge in [-0.25, -0.2) is 0 Å². The zero-order chi connectivity index (χ0) is 9.97. The highest BCUT2D eigenvalue weighted by molar-refractivity contribution is 4.83. The standard InChI is InChI=1S/C12H24N2/c1-2-11-9-14(8-6-12(11)13)7-5-10-3-4-10/h10-12H,2-9,13H2,1H3. The molecule has 2 nitrogen and oxygen atoms in total. The molecular weight excluding hydrogens is 172 g/mol. The number of hydrogen-bond donors (Lipinski definition) is 1. The minimum Gasteiger partial charge on any atom is -0.327 e. The molecule has 2 N–H and O–H groups in total.